The Morgan fingerprint density at radius 2 is 2.60 bits per heavy atom. The number of nitrogens with one attached hydrogen (secondary N) is 1. The molecule has 0 spiro atoms. The van der Waals surface area contributed by atoms with Crippen LogP contribution in [0.3, 0.4) is 0 Å². The Kier molecular flexibility index (Phi) is 3.73. The van der Waals surface area contributed by atoms with Crippen LogP contribution in [0.5, 0.6) is 0 Å². The van der Waals surface area contributed by atoms with Crippen molar-refractivity contribution in [3.63, 3.8) is 0 Å². The summed E-state index contributed by atoms with van der Waals surface area (Å²) in [5.41, 5.74) is 1.26. The van der Waals surface area contributed by atoms with Crippen molar-refractivity contribution in [2.45, 2.75) is 0 Å². The molecule has 2 N–H and O–H groups in total. The van der Waals surface area contributed by atoms with Gasteiger partial charge in [-0.2, -0.15) is 0 Å². The van der Waals surface area contributed by atoms with E-state index in [-0.39, 0.29) is 6.73 Å². The van der Waals surface area contributed by atoms with Gasteiger partial charge in [-0.3, -0.25) is 0 Å². The van der Waals surface area contributed by atoms with Crippen LogP contribution >= 0.6 is 12.2 Å². The molecule has 30 valence electrons. The third-order valence-electron chi connectivity index (χ3n) is 0.175. The minimum absolute atomic E-state index is 0.0660. The highest BCUT2D eigenvalue weighted by Crippen LogP contribution is 1.37. The van der Waals surface area contributed by atoms with Crippen molar-refractivity contribution in [1.29, 1.82) is 0 Å². The lowest BCUT2D eigenvalue weighted by Gasteiger charge is -1.81. The molecule has 0 aliphatic heterocycles. The summed E-state index contributed by atoms with van der Waals surface area (Å²) in [5, 5.41) is 10.2. The number of thiocarbonyl (C=S) groups is 1. The third-order valence-corrected chi connectivity index (χ3v) is 0.341. The predicted octanol–water partition coefficient (Wildman–Crippen LogP) is -0.517. The van der Waals surface area contributed by atoms with E-state index in [1.807, 2.05) is 0 Å². The summed E-state index contributed by atoms with van der Waals surface area (Å²) in [4.78, 5) is 0. The van der Waals surface area contributed by atoms with Crippen LogP contribution in [0.25, 0.3) is 0 Å². The van der Waals surface area contributed by atoms with Crippen LogP contribution in [-0.2, 0) is 0 Å². The first-order valence-corrected chi connectivity index (χ1v) is 1.67. The zero-order valence-electron chi connectivity index (χ0n) is 2.64. The molecular formula is C2H5NOS. The smallest absolute Gasteiger partial charge is 0.113 e. The van der Waals surface area contributed by atoms with E-state index in [1.165, 1.54) is 5.49 Å². The molecule has 0 radical (unpaired) electrons. The number of rotatable bonds is 2. The van der Waals surface area contributed by atoms with Gasteiger partial charge < -0.3 is 10.4 Å². The Labute approximate surface area is 35.8 Å². The Balaban J connectivity index is 2.40. The lowest BCUT2D eigenvalue weighted by atomic mass is 11.2. The van der Waals surface area contributed by atoms with E-state index in [2.05, 4.69) is 17.5 Å². The van der Waals surface area contributed by atoms with Gasteiger partial charge in [0.05, 0.1) is 5.49 Å². The zero-order chi connectivity index (χ0) is 4.12. The van der Waals surface area contributed by atoms with Crippen LogP contribution in [-0.4, -0.2) is 17.3 Å². The minimum atomic E-state index is -0.0660. The molecule has 0 saturated carbocycles. The second-order valence-electron chi connectivity index (χ2n) is 0.480. The van der Waals surface area contributed by atoms with Gasteiger partial charge in [-0.1, -0.05) is 12.2 Å². The molecule has 0 fully saturated rings. The van der Waals surface area contributed by atoms with Gasteiger partial charge in [0, 0.05) is 0 Å². The van der Waals surface area contributed by atoms with Crippen molar-refractivity contribution in [2.75, 3.05) is 6.73 Å². The van der Waals surface area contributed by atoms with E-state index in [9.17, 15) is 0 Å². The number of hydrogen-bond acceptors (Lipinski definition) is 2. The quantitative estimate of drug-likeness (QED) is 0.354. The highest BCUT2D eigenvalue weighted by Gasteiger charge is 1.56. The summed E-state index contributed by atoms with van der Waals surface area (Å²) in [6.45, 7) is -0.0660. The summed E-state index contributed by atoms with van der Waals surface area (Å²) in [6, 6.07) is 0. The first-order chi connectivity index (χ1) is 2.41. The maximum atomic E-state index is 7.86. The van der Waals surface area contributed by atoms with E-state index < -0.39 is 0 Å². The molecule has 0 amide bonds. The van der Waals surface area contributed by atoms with Crippen molar-refractivity contribution in [3.8, 4) is 0 Å². The first kappa shape index (κ1) is 4.85. The van der Waals surface area contributed by atoms with Gasteiger partial charge in [0.25, 0.3) is 0 Å². The highest BCUT2D eigenvalue weighted by atomic mass is 32.1. The molecule has 0 bridgehead atoms. The summed E-state index contributed by atoms with van der Waals surface area (Å²) >= 11 is 4.26. The summed E-state index contributed by atoms with van der Waals surface area (Å²) in [5.74, 6) is 0. The van der Waals surface area contributed by atoms with Gasteiger partial charge in [-0.15, -0.1) is 0 Å². The Morgan fingerprint density at radius 1 is 2.00 bits per heavy atom. The Hall–Kier alpha value is -0.150. The van der Waals surface area contributed by atoms with E-state index in [1.54, 1.807) is 0 Å². The van der Waals surface area contributed by atoms with E-state index in [0.717, 1.165) is 0 Å². The molecule has 2 nitrogen and oxygen atoms in total. The van der Waals surface area contributed by atoms with Crippen LogP contribution in [0.2, 0.25) is 0 Å². The van der Waals surface area contributed by atoms with Gasteiger partial charge in [0.15, 0.2) is 0 Å². The molecule has 0 unspecified atom stereocenters. The largest absolute Gasteiger partial charge is 0.377 e. The Bertz CT molecular complexity index is 30.8. The molecule has 0 heterocycles. The SMILES string of the molecule is OCNC=S. The Morgan fingerprint density at radius 3 is 2.60 bits per heavy atom. The number of hydrogen-bond donors (Lipinski definition) is 2. The average Bonchev–Trinajstić information content (AvgIpc) is 1.41. The van der Waals surface area contributed by atoms with E-state index in [0.29, 0.717) is 0 Å². The normalized spacial score (nSPS) is 6.60. The fraction of sp³-hybridized carbons (Fsp3) is 0.500. The average molecular weight is 91.1 g/mol. The summed E-state index contributed by atoms with van der Waals surface area (Å²) in [7, 11) is 0. The molecule has 0 aromatic rings. The van der Waals surface area contributed by atoms with Crippen molar-refractivity contribution >= 4 is 17.7 Å². The number of aliphatic hydroxyl groups is 1. The van der Waals surface area contributed by atoms with Crippen molar-refractivity contribution in [2.24, 2.45) is 0 Å². The monoisotopic (exact) mass is 91.0 g/mol. The third kappa shape index (κ3) is 3.85. The standard InChI is InChI=1S/C2H5NOS/c4-1-3-2-5/h2,4H,1H2,(H,3,5). The van der Waals surface area contributed by atoms with E-state index >= 15 is 0 Å². The highest BCUT2D eigenvalue weighted by molar-refractivity contribution is 7.78. The summed E-state index contributed by atoms with van der Waals surface area (Å²) < 4.78 is 0. The lowest BCUT2D eigenvalue weighted by Crippen LogP contribution is -2.08. The van der Waals surface area contributed by atoms with Crippen LogP contribution in [0, 0.1) is 0 Å². The van der Waals surface area contributed by atoms with Crippen molar-refractivity contribution in [1.82, 2.24) is 5.32 Å². The maximum Gasteiger partial charge on any atom is 0.113 e. The van der Waals surface area contributed by atoms with Crippen molar-refractivity contribution < 1.29 is 5.11 Å². The molecule has 0 aromatic heterocycles. The van der Waals surface area contributed by atoms with Gasteiger partial charge in [-0.05, 0) is 0 Å². The second kappa shape index (κ2) is 3.85. The van der Waals surface area contributed by atoms with Crippen LogP contribution in [0.15, 0.2) is 0 Å². The predicted molar refractivity (Wildman–Crippen MR) is 23.9 cm³/mol. The maximum absolute atomic E-state index is 7.86. The topological polar surface area (TPSA) is 32.3 Å². The molecule has 0 saturated heterocycles. The minimum Gasteiger partial charge on any atom is -0.377 e. The molecule has 5 heavy (non-hydrogen) atoms. The lowest BCUT2D eigenvalue weighted by molar-refractivity contribution is 0.288. The molecule has 0 aromatic carbocycles. The van der Waals surface area contributed by atoms with Crippen LogP contribution < -0.4 is 5.32 Å². The fourth-order valence-electron chi connectivity index (χ4n) is 0.0373. The van der Waals surface area contributed by atoms with Gasteiger partial charge >= 0.3 is 0 Å². The molecule has 0 atom stereocenters. The van der Waals surface area contributed by atoms with Crippen LogP contribution in [0.4, 0.5) is 0 Å². The van der Waals surface area contributed by atoms with Gasteiger partial charge in [0.2, 0.25) is 0 Å². The molecular weight excluding hydrogens is 86.1 g/mol. The number of aliphatic hydroxyl groups excluding tert-OH is 1. The van der Waals surface area contributed by atoms with Crippen molar-refractivity contribution in [3.05, 3.63) is 0 Å². The first-order valence-electron chi connectivity index (χ1n) is 1.19. The van der Waals surface area contributed by atoms with Gasteiger partial charge in [0.1, 0.15) is 6.73 Å². The van der Waals surface area contributed by atoms with E-state index in [4.69, 9.17) is 5.11 Å². The molecule has 0 rings (SSSR count). The molecule has 0 aliphatic carbocycles. The molecule has 0 aliphatic rings. The molecule has 3 heteroatoms. The van der Waals surface area contributed by atoms with Gasteiger partial charge in [-0.25, -0.2) is 0 Å². The summed E-state index contributed by atoms with van der Waals surface area (Å²) in [6.07, 6.45) is 0. The zero-order valence-corrected chi connectivity index (χ0v) is 3.46. The second-order valence-corrected chi connectivity index (χ2v) is 0.716. The fourth-order valence-corrected chi connectivity index (χ4v) is 0.112. The van der Waals surface area contributed by atoms with Crippen LogP contribution in [0.1, 0.15) is 0 Å².